The van der Waals surface area contributed by atoms with Gasteiger partial charge in [0, 0.05) is 49.9 Å². The number of benzene rings is 4. The number of hydrogen-bond acceptors (Lipinski definition) is 12. The van der Waals surface area contributed by atoms with Gasteiger partial charge >= 0.3 is 23.9 Å². The zero-order valence-electron chi connectivity index (χ0n) is 28.8. The molecule has 0 saturated carbocycles. The summed E-state index contributed by atoms with van der Waals surface area (Å²) in [6, 6.07) is 24.3. The second kappa shape index (κ2) is 22.6. The average Bonchev–Trinajstić information content (AvgIpc) is 3.08. The van der Waals surface area contributed by atoms with Crippen molar-refractivity contribution >= 4 is 23.9 Å². The summed E-state index contributed by atoms with van der Waals surface area (Å²) in [6.07, 6.45) is 7.27. The van der Waals surface area contributed by atoms with Gasteiger partial charge < -0.3 is 39.4 Å². The molecule has 276 valence electrons. The van der Waals surface area contributed by atoms with Crippen molar-refractivity contribution in [1.29, 1.82) is 0 Å². The Balaban J connectivity index is 0.000000284. The van der Waals surface area contributed by atoms with Gasteiger partial charge in [0.2, 0.25) is 0 Å². The van der Waals surface area contributed by atoms with Crippen molar-refractivity contribution in [3.8, 4) is 46.0 Å². The molecular formula is C40H44O12. The maximum atomic E-state index is 11.7. The van der Waals surface area contributed by atoms with Crippen LogP contribution in [0.25, 0.3) is 0 Å². The molecule has 0 bridgehead atoms. The summed E-state index contributed by atoms with van der Waals surface area (Å²) in [6.45, 7) is 0. The van der Waals surface area contributed by atoms with Crippen molar-refractivity contribution in [3.05, 3.63) is 97.1 Å². The summed E-state index contributed by atoms with van der Waals surface area (Å²) in [5.74, 6) is -0.0292. The Morgan fingerprint density at radius 1 is 0.346 bits per heavy atom. The lowest BCUT2D eigenvalue weighted by molar-refractivity contribution is -0.136. The minimum Gasteiger partial charge on any atom is -0.508 e. The minimum absolute atomic E-state index is 0.0231. The van der Waals surface area contributed by atoms with Crippen molar-refractivity contribution in [2.24, 2.45) is 0 Å². The molecule has 0 amide bonds. The highest BCUT2D eigenvalue weighted by Gasteiger charge is 2.10. The van der Waals surface area contributed by atoms with Crippen molar-refractivity contribution in [2.45, 2.75) is 77.0 Å². The van der Waals surface area contributed by atoms with E-state index in [1.54, 1.807) is 48.5 Å². The number of phenolic OH excluding ortho intramolecular Hbond substituents is 4. The van der Waals surface area contributed by atoms with Crippen molar-refractivity contribution in [3.63, 3.8) is 0 Å². The van der Waals surface area contributed by atoms with Crippen LogP contribution in [0.3, 0.4) is 0 Å². The van der Waals surface area contributed by atoms with E-state index >= 15 is 0 Å². The van der Waals surface area contributed by atoms with E-state index in [2.05, 4.69) is 0 Å². The topological polar surface area (TPSA) is 186 Å². The highest BCUT2D eigenvalue weighted by molar-refractivity contribution is 5.74. The third kappa shape index (κ3) is 17.6. The maximum absolute atomic E-state index is 11.7. The van der Waals surface area contributed by atoms with Gasteiger partial charge in [0.25, 0.3) is 0 Å². The van der Waals surface area contributed by atoms with Gasteiger partial charge in [-0.25, -0.2) is 0 Å². The number of unbranched alkanes of at least 4 members (excludes halogenated alkanes) is 6. The van der Waals surface area contributed by atoms with Gasteiger partial charge in [-0.1, -0.05) is 49.9 Å². The molecule has 0 aromatic heterocycles. The summed E-state index contributed by atoms with van der Waals surface area (Å²) in [7, 11) is 0. The number of carbonyl (C=O) groups excluding carboxylic acids is 4. The van der Waals surface area contributed by atoms with Crippen molar-refractivity contribution in [1.82, 2.24) is 0 Å². The second-order valence-corrected chi connectivity index (χ2v) is 11.7. The first kappa shape index (κ1) is 40.4. The predicted molar refractivity (Wildman–Crippen MR) is 190 cm³/mol. The molecule has 0 aliphatic rings. The number of rotatable bonds is 18. The van der Waals surface area contributed by atoms with Crippen molar-refractivity contribution in [2.75, 3.05) is 0 Å². The van der Waals surface area contributed by atoms with Crippen LogP contribution in [-0.4, -0.2) is 44.3 Å². The Morgan fingerprint density at radius 2 is 0.558 bits per heavy atom. The van der Waals surface area contributed by atoms with Gasteiger partial charge in [-0.15, -0.1) is 0 Å². The Labute approximate surface area is 302 Å². The van der Waals surface area contributed by atoms with Gasteiger partial charge in [-0.3, -0.25) is 19.2 Å². The molecule has 0 atom stereocenters. The van der Waals surface area contributed by atoms with Crippen LogP contribution in [0.15, 0.2) is 97.1 Å². The molecule has 0 spiro atoms. The fourth-order valence-electron chi connectivity index (χ4n) is 4.70. The molecule has 0 fully saturated rings. The van der Waals surface area contributed by atoms with E-state index in [0.29, 0.717) is 37.2 Å². The zero-order valence-corrected chi connectivity index (χ0v) is 28.8. The summed E-state index contributed by atoms with van der Waals surface area (Å²) in [5, 5.41) is 37.2. The molecule has 0 aliphatic heterocycles. The number of aromatic hydroxyl groups is 4. The SMILES string of the molecule is O=C(CCCCC(=O)Oc1cccc(O)c1)Oc1cccc(O)c1.O=C(CCCCCCCCC(=O)Oc1cccc(O)c1)Oc1cccc(O)c1. The van der Waals surface area contributed by atoms with Crippen LogP contribution in [0.1, 0.15) is 77.0 Å². The van der Waals surface area contributed by atoms with Crippen LogP contribution >= 0.6 is 0 Å². The zero-order chi connectivity index (χ0) is 37.6. The molecule has 4 rings (SSSR count). The molecule has 4 aromatic rings. The third-order valence-electron chi connectivity index (χ3n) is 7.22. The molecule has 4 aromatic carbocycles. The summed E-state index contributed by atoms with van der Waals surface area (Å²) in [4.78, 5) is 46.8. The fourth-order valence-corrected chi connectivity index (χ4v) is 4.70. The maximum Gasteiger partial charge on any atom is 0.311 e. The minimum atomic E-state index is -0.429. The smallest absolute Gasteiger partial charge is 0.311 e. The van der Waals surface area contributed by atoms with E-state index in [4.69, 9.17) is 18.9 Å². The highest BCUT2D eigenvalue weighted by atomic mass is 16.5. The number of phenols is 4. The quantitative estimate of drug-likeness (QED) is 0.0444. The molecule has 12 nitrogen and oxygen atoms in total. The van der Waals surface area contributed by atoms with E-state index in [1.165, 1.54) is 48.5 Å². The van der Waals surface area contributed by atoms with Crippen LogP contribution in [-0.2, 0) is 19.2 Å². The Morgan fingerprint density at radius 3 is 0.788 bits per heavy atom. The van der Waals surface area contributed by atoms with Gasteiger partial charge in [0.1, 0.15) is 46.0 Å². The molecule has 12 heteroatoms. The van der Waals surface area contributed by atoms with E-state index in [9.17, 15) is 39.6 Å². The predicted octanol–water partition coefficient (Wildman–Crippen LogP) is 7.90. The monoisotopic (exact) mass is 716 g/mol. The summed E-state index contributed by atoms with van der Waals surface area (Å²) < 4.78 is 20.5. The highest BCUT2D eigenvalue weighted by Crippen LogP contribution is 2.22. The van der Waals surface area contributed by atoms with Crippen LogP contribution < -0.4 is 18.9 Å². The Bertz CT molecular complexity index is 1610. The van der Waals surface area contributed by atoms with E-state index in [1.807, 2.05) is 0 Å². The van der Waals surface area contributed by atoms with Gasteiger partial charge in [-0.05, 0) is 74.2 Å². The average molecular weight is 717 g/mol. The van der Waals surface area contributed by atoms with Gasteiger partial charge in [0.15, 0.2) is 0 Å². The van der Waals surface area contributed by atoms with Crippen LogP contribution in [0.2, 0.25) is 0 Å². The lowest BCUT2D eigenvalue weighted by atomic mass is 10.1. The Hall–Kier alpha value is -6.04. The summed E-state index contributed by atoms with van der Waals surface area (Å²) in [5.41, 5.74) is 0. The van der Waals surface area contributed by atoms with Crippen LogP contribution in [0.4, 0.5) is 0 Å². The molecule has 52 heavy (non-hydrogen) atoms. The first-order valence-corrected chi connectivity index (χ1v) is 17.0. The number of ether oxygens (including phenoxy) is 4. The molecular weight excluding hydrogens is 672 g/mol. The third-order valence-corrected chi connectivity index (χ3v) is 7.22. The standard InChI is InChI=1S/C22H26O6.C18H18O6/c23-17-9-7-11-19(15-17)27-21(25)13-5-3-1-2-4-6-14-22(26)28-20-12-8-10-18(24)16-20;19-13-5-3-7-15(11-13)23-17(21)9-1-2-10-18(22)24-16-8-4-6-14(20)12-16/h7-12,15-16,23-24H,1-6,13-14H2;3-8,11-12,19-20H,1-2,9-10H2. The first-order valence-electron chi connectivity index (χ1n) is 17.0. The number of carbonyl (C=O) groups is 4. The molecule has 0 unspecified atom stereocenters. The van der Waals surface area contributed by atoms with Crippen molar-refractivity contribution < 1.29 is 58.6 Å². The number of hydrogen-bond donors (Lipinski definition) is 4. The van der Waals surface area contributed by atoms with Crippen LogP contribution in [0.5, 0.6) is 46.0 Å². The molecule has 0 aliphatic carbocycles. The van der Waals surface area contributed by atoms with Crippen LogP contribution in [0, 0.1) is 0 Å². The largest absolute Gasteiger partial charge is 0.508 e. The van der Waals surface area contributed by atoms with Gasteiger partial charge in [0.05, 0.1) is 0 Å². The summed E-state index contributed by atoms with van der Waals surface area (Å²) >= 11 is 0. The lowest BCUT2D eigenvalue weighted by Gasteiger charge is -2.05. The first-order chi connectivity index (χ1) is 25.0. The number of esters is 4. The van der Waals surface area contributed by atoms with E-state index in [0.717, 1.165) is 38.5 Å². The molecule has 0 radical (unpaired) electrons. The molecule has 0 heterocycles. The lowest BCUT2D eigenvalue weighted by Crippen LogP contribution is -2.10. The normalized spacial score (nSPS) is 10.3. The fraction of sp³-hybridized carbons (Fsp3) is 0.300. The second-order valence-electron chi connectivity index (χ2n) is 11.7. The molecule has 4 N–H and O–H groups in total. The van der Waals surface area contributed by atoms with Gasteiger partial charge in [-0.2, -0.15) is 0 Å². The molecule has 0 saturated heterocycles. The Kier molecular flexibility index (Phi) is 17.6. The van der Waals surface area contributed by atoms with E-state index < -0.39 is 11.9 Å². The van der Waals surface area contributed by atoms with E-state index in [-0.39, 0.29) is 59.3 Å².